The first-order valence-corrected chi connectivity index (χ1v) is 11.2. The molecular weight excluding hydrogens is 364 g/mol. The molecule has 1 fully saturated rings. The lowest BCUT2D eigenvalue weighted by molar-refractivity contribution is -0.132. The van der Waals surface area contributed by atoms with Gasteiger partial charge in [-0.25, -0.2) is 0 Å². The van der Waals surface area contributed by atoms with Crippen molar-refractivity contribution in [3.05, 3.63) is 35.4 Å². The first-order chi connectivity index (χ1) is 14.2. The van der Waals surface area contributed by atoms with Crippen LogP contribution in [0.3, 0.4) is 0 Å². The van der Waals surface area contributed by atoms with Crippen LogP contribution in [0.2, 0.25) is 0 Å². The number of hydrogen-bond acceptors (Lipinski definition) is 3. The van der Waals surface area contributed by atoms with Crippen molar-refractivity contribution in [2.75, 3.05) is 45.9 Å². The summed E-state index contributed by atoms with van der Waals surface area (Å²) in [6, 6.07) is 8.44. The molecule has 1 N–H and O–H groups in total. The molecule has 1 aromatic rings. The summed E-state index contributed by atoms with van der Waals surface area (Å²) in [4.78, 5) is 21.7. The lowest BCUT2D eigenvalue weighted by atomic mass is 9.99. The normalized spacial score (nSPS) is 19.4. The molecule has 1 atom stereocenters. The molecule has 3 rings (SSSR count). The second kappa shape index (κ2) is 11.2. The van der Waals surface area contributed by atoms with Crippen LogP contribution in [-0.4, -0.2) is 67.6 Å². The zero-order valence-corrected chi connectivity index (χ0v) is 18.0. The summed E-state index contributed by atoms with van der Waals surface area (Å²) in [6.07, 6.45) is 3.47. The summed E-state index contributed by atoms with van der Waals surface area (Å²) in [6.45, 7) is 10.9. The van der Waals surface area contributed by atoms with Crippen LogP contribution in [0, 0.1) is 5.92 Å². The van der Waals surface area contributed by atoms with Gasteiger partial charge < -0.3 is 19.9 Å². The maximum Gasteiger partial charge on any atom is 0.222 e. The second-order valence-electron chi connectivity index (χ2n) is 7.93. The Bertz CT molecular complexity index is 691. The Kier molecular flexibility index (Phi) is 8.35. The molecule has 6 nitrogen and oxygen atoms in total. The Morgan fingerprint density at radius 3 is 2.83 bits per heavy atom. The molecule has 2 aliphatic heterocycles. The molecule has 1 aromatic carbocycles. The van der Waals surface area contributed by atoms with Gasteiger partial charge in [0.15, 0.2) is 5.96 Å². The van der Waals surface area contributed by atoms with Gasteiger partial charge in [0.2, 0.25) is 5.91 Å². The van der Waals surface area contributed by atoms with Crippen LogP contribution < -0.4 is 5.32 Å². The third kappa shape index (κ3) is 6.20. The Labute approximate surface area is 175 Å². The third-order valence-corrected chi connectivity index (χ3v) is 5.77. The molecule has 1 saturated heterocycles. The molecule has 2 aliphatic rings. The van der Waals surface area contributed by atoms with E-state index in [4.69, 9.17) is 9.73 Å². The number of hydrogen-bond donors (Lipinski definition) is 1. The molecule has 1 unspecified atom stereocenters. The van der Waals surface area contributed by atoms with Crippen LogP contribution in [-0.2, 0) is 22.5 Å². The number of nitrogens with one attached hydrogen (secondary N) is 1. The van der Waals surface area contributed by atoms with Gasteiger partial charge in [-0.2, -0.15) is 0 Å². The SMILES string of the molecule is CCNC(=NCCCC(=O)N1CCc2ccccc2C1)N1CCC(COCC)C1. The molecule has 0 radical (unpaired) electrons. The standard InChI is InChI=1S/C23H36N4O2/c1-3-24-23(27-14-11-19(16-27)18-29-4-2)25-13-7-10-22(28)26-15-12-20-8-5-6-9-21(20)17-26/h5-6,8-9,19H,3-4,7,10-18H2,1-2H3,(H,24,25). The smallest absolute Gasteiger partial charge is 0.222 e. The van der Waals surface area contributed by atoms with Crippen molar-refractivity contribution >= 4 is 11.9 Å². The van der Waals surface area contributed by atoms with Crippen molar-refractivity contribution in [2.45, 2.75) is 46.1 Å². The summed E-state index contributed by atoms with van der Waals surface area (Å²) in [5.41, 5.74) is 2.67. The minimum Gasteiger partial charge on any atom is -0.381 e. The predicted molar refractivity (Wildman–Crippen MR) is 117 cm³/mol. The van der Waals surface area contributed by atoms with Crippen LogP contribution in [0.25, 0.3) is 0 Å². The molecule has 1 amide bonds. The van der Waals surface area contributed by atoms with Gasteiger partial charge >= 0.3 is 0 Å². The van der Waals surface area contributed by atoms with Gasteiger partial charge in [0, 0.05) is 58.2 Å². The van der Waals surface area contributed by atoms with Gasteiger partial charge in [0.25, 0.3) is 0 Å². The molecule has 0 spiro atoms. The molecular formula is C23H36N4O2. The molecule has 29 heavy (non-hydrogen) atoms. The maximum atomic E-state index is 12.6. The first-order valence-electron chi connectivity index (χ1n) is 11.2. The molecule has 2 heterocycles. The minimum absolute atomic E-state index is 0.248. The van der Waals surface area contributed by atoms with Crippen LogP contribution in [0.4, 0.5) is 0 Å². The number of aliphatic imine (C=N–C) groups is 1. The van der Waals surface area contributed by atoms with Crippen molar-refractivity contribution < 1.29 is 9.53 Å². The van der Waals surface area contributed by atoms with E-state index in [0.717, 1.165) is 71.2 Å². The highest BCUT2D eigenvalue weighted by Gasteiger charge is 2.25. The van der Waals surface area contributed by atoms with Gasteiger partial charge in [-0.05, 0) is 44.2 Å². The highest BCUT2D eigenvalue weighted by atomic mass is 16.5. The fourth-order valence-corrected chi connectivity index (χ4v) is 4.15. The van der Waals surface area contributed by atoms with Gasteiger partial charge in [-0.1, -0.05) is 24.3 Å². The highest BCUT2D eigenvalue weighted by Crippen LogP contribution is 2.19. The molecule has 160 valence electrons. The zero-order chi connectivity index (χ0) is 20.5. The average Bonchev–Trinajstić information content (AvgIpc) is 3.22. The average molecular weight is 401 g/mol. The summed E-state index contributed by atoms with van der Waals surface area (Å²) in [5.74, 6) is 1.81. The first kappa shape index (κ1) is 21.6. The Balaban J connectivity index is 1.43. The predicted octanol–water partition coefficient (Wildman–Crippen LogP) is 2.68. The van der Waals surface area contributed by atoms with E-state index in [1.54, 1.807) is 0 Å². The van der Waals surface area contributed by atoms with Crippen LogP contribution in [0.15, 0.2) is 29.3 Å². The quantitative estimate of drug-likeness (QED) is 0.414. The van der Waals surface area contributed by atoms with Crippen molar-refractivity contribution in [2.24, 2.45) is 10.9 Å². The van der Waals surface area contributed by atoms with E-state index >= 15 is 0 Å². The van der Waals surface area contributed by atoms with E-state index in [1.165, 1.54) is 11.1 Å². The van der Waals surface area contributed by atoms with E-state index < -0.39 is 0 Å². The van der Waals surface area contributed by atoms with Gasteiger partial charge in [-0.15, -0.1) is 0 Å². The summed E-state index contributed by atoms with van der Waals surface area (Å²) in [5, 5.41) is 3.40. The molecule has 0 bridgehead atoms. The zero-order valence-electron chi connectivity index (χ0n) is 18.0. The number of carbonyl (C=O) groups excluding carboxylic acids is 1. The lowest BCUT2D eigenvalue weighted by Gasteiger charge is -2.29. The van der Waals surface area contributed by atoms with Gasteiger partial charge in [0.05, 0.1) is 6.61 Å². The number of benzene rings is 1. The van der Waals surface area contributed by atoms with Gasteiger partial charge in [-0.3, -0.25) is 9.79 Å². The maximum absolute atomic E-state index is 12.6. The van der Waals surface area contributed by atoms with Crippen molar-refractivity contribution in [3.63, 3.8) is 0 Å². The molecule has 0 aliphatic carbocycles. The van der Waals surface area contributed by atoms with Crippen LogP contribution >= 0.6 is 0 Å². The summed E-state index contributed by atoms with van der Waals surface area (Å²) >= 11 is 0. The highest BCUT2D eigenvalue weighted by molar-refractivity contribution is 5.80. The number of nitrogens with zero attached hydrogens (tertiary/aromatic N) is 3. The molecule has 0 aromatic heterocycles. The Morgan fingerprint density at radius 2 is 2.03 bits per heavy atom. The number of fused-ring (bicyclic) bond motifs is 1. The number of likely N-dealkylation sites (tertiary alicyclic amines) is 1. The number of ether oxygens (including phenoxy) is 1. The van der Waals surface area contributed by atoms with Crippen LogP contribution in [0.1, 0.15) is 44.2 Å². The topological polar surface area (TPSA) is 57.2 Å². The van der Waals surface area contributed by atoms with E-state index in [-0.39, 0.29) is 5.91 Å². The molecule has 0 saturated carbocycles. The number of carbonyl (C=O) groups is 1. The van der Waals surface area contributed by atoms with E-state index in [2.05, 4.69) is 41.4 Å². The summed E-state index contributed by atoms with van der Waals surface area (Å²) in [7, 11) is 0. The van der Waals surface area contributed by atoms with Crippen molar-refractivity contribution in [3.8, 4) is 0 Å². The largest absolute Gasteiger partial charge is 0.381 e. The minimum atomic E-state index is 0.248. The fourth-order valence-electron chi connectivity index (χ4n) is 4.15. The van der Waals surface area contributed by atoms with E-state index in [9.17, 15) is 4.79 Å². The third-order valence-electron chi connectivity index (χ3n) is 5.77. The van der Waals surface area contributed by atoms with E-state index in [0.29, 0.717) is 18.9 Å². The number of guanidine groups is 1. The molecule has 6 heteroatoms. The number of amides is 1. The monoisotopic (exact) mass is 400 g/mol. The van der Waals surface area contributed by atoms with Crippen molar-refractivity contribution in [1.29, 1.82) is 0 Å². The van der Waals surface area contributed by atoms with Crippen molar-refractivity contribution in [1.82, 2.24) is 15.1 Å². The Hall–Kier alpha value is -2.08. The second-order valence-corrected chi connectivity index (χ2v) is 7.93. The lowest BCUT2D eigenvalue weighted by Crippen LogP contribution is -2.40. The fraction of sp³-hybridized carbons (Fsp3) is 0.652. The van der Waals surface area contributed by atoms with E-state index in [1.807, 2.05) is 11.8 Å². The van der Waals surface area contributed by atoms with Gasteiger partial charge in [0.1, 0.15) is 0 Å². The Morgan fingerprint density at radius 1 is 1.21 bits per heavy atom. The van der Waals surface area contributed by atoms with Crippen LogP contribution in [0.5, 0.6) is 0 Å². The number of rotatable bonds is 8. The summed E-state index contributed by atoms with van der Waals surface area (Å²) < 4.78 is 5.58.